The van der Waals surface area contributed by atoms with Gasteiger partial charge in [-0.2, -0.15) is 0 Å². The maximum atomic E-state index is 2.49. The van der Waals surface area contributed by atoms with Gasteiger partial charge in [-0.1, -0.05) is 170 Å². The van der Waals surface area contributed by atoms with Crippen molar-refractivity contribution in [3.8, 4) is 22.3 Å². The van der Waals surface area contributed by atoms with E-state index in [0.717, 1.165) is 6.42 Å². The van der Waals surface area contributed by atoms with Gasteiger partial charge >= 0.3 is 0 Å². The van der Waals surface area contributed by atoms with E-state index in [1.165, 1.54) is 77.5 Å². The van der Waals surface area contributed by atoms with Gasteiger partial charge in [-0.3, -0.25) is 0 Å². The monoisotopic (exact) mass is 574 g/mol. The van der Waals surface area contributed by atoms with Crippen LogP contribution in [0.1, 0.15) is 51.4 Å². The van der Waals surface area contributed by atoms with Crippen LogP contribution in [0.15, 0.2) is 158 Å². The first-order valence-electron chi connectivity index (χ1n) is 16.1. The average molecular weight is 575 g/mol. The van der Waals surface area contributed by atoms with Gasteiger partial charge in [-0.05, 0) is 85.3 Å². The molecule has 0 nitrogen and oxygen atoms in total. The van der Waals surface area contributed by atoms with Gasteiger partial charge in [0.1, 0.15) is 0 Å². The molecular weight excluding hydrogens is 540 g/mol. The van der Waals surface area contributed by atoms with Crippen LogP contribution in [0.5, 0.6) is 0 Å². The van der Waals surface area contributed by atoms with Crippen LogP contribution < -0.4 is 0 Å². The van der Waals surface area contributed by atoms with Crippen molar-refractivity contribution in [1.82, 2.24) is 0 Å². The fourth-order valence-electron chi connectivity index (χ4n) is 8.86. The van der Waals surface area contributed by atoms with E-state index < -0.39 is 0 Å². The summed E-state index contributed by atoms with van der Waals surface area (Å²) >= 11 is 0. The highest BCUT2D eigenvalue weighted by molar-refractivity contribution is 5.98. The average Bonchev–Trinajstić information content (AvgIpc) is 3.53. The van der Waals surface area contributed by atoms with E-state index in [2.05, 4.69) is 172 Å². The predicted octanol–water partition coefficient (Wildman–Crippen LogP) is 11.0. The Labute approximate surface area is 265 Å². The molecule has 0 heterocycles. The van der Waals surface area contributed by atoms with Crippen LogP contribution in [-0.2, 0) is 17.3 Å². The number of fused-ring (bicyclic) bond motifs is 8. The molecule has 214 valence electrons. The van der Waals surface area contributed by atoms with Crippen molar-refractivity contribution in [1.29, 1.82) is 0 Å². The second-order valence-corrected chi connectivity index (χ2v) is 13.1. The van der Waals surface area contributed by atoms with Crippen LogP contribution in [-0.4, -0.2) is 0 Å². The lowest BCUT2D eigenvalue weighted by atomic mass is 9.67. The Bertz CT molecular complexity index is 2220. The van der Waals surface area contributed by atoms with Crippen LogP contribution in [0.25, 0.3) is 33.0 Å². The van der Waals surface area contributed by atoms with Gasteiger partial charge in [-0.15, -0.1) is 0 Å². The largest absolute Gasteiger partial charge is 0.0713 e. The molecule has 1 unspecified atom stereocenters. The fraction of sp³-hybridized carbons (Fsp3) is 0.111. The zero-order valence-corrected chi connectivity index (χ0v) is 25.7. The Balaban J connectivity index is 1.34. The third-order valence-corrected chi connectivity index (χ3v) is 10.7. The maximum Gasteiger partial charge on any atom is 0.0713 e. The molecule has 0 saturated carbocycles. The molecule has 0 aliphatic heterocycles. The summed E-state index contributed by atoms with van der Waals surface area (Å²) in [6.45, 7) is 4.72. The van der Waals surface area contributed by atoms with E-state index in [0.29, 0.717) is 0 Å². The lowest BCUT2D eigenvalue weighted by Crippen LogP contribution is -2.29. The molecule has 0 radical (unpaired) electrons. The second-order valence-electron chi connectivity index (χ2n) is 13.1. The third kappa shape index (κ3) is 3.54. The van der Waals surface area contributed by atoms with E-state index in [4.69, 9.17) is 0 Å². The van der Waals surface area contributed by atoms with Crippen LogP contribution >= 0.6 is 0 Å². The van der Waals surface area contributed by atoms with Crippen LogP contribution in [0.3, 0.4) is 0 Å². The Hall–Kier alpha value is -5.20. The first kappa shape index (κ1) is 26.2. The van der Waals surface area contributed by atoms with Crippen molar-refractivity contribution in [2.24, 2.45) is 0 Å². The zero-order valence-electron chi connectivity index (χ0n) is 25.7. The Morgan fingerprint density at radius 1 is 0.489 bits per heavy atom. The molecular formula is C45H34. The molecule has 0 saturated heterocycles. The highest BCUT2D eigenvalue weighted by Crippen LogP contribution is 2.59. The van der Waals surface area contributed by atoms with Crippen molar-refractivity contribution in [2.45, 2.75) is 31.1 Å². The second kappa shape index (κ2) is 9.65. The minimum Gasteiger partial charge on any atom is -0.0622 e. The molecule has 0 fully saturated rings. The van der Waals surface area contributed by atoms with Gasteiger partial charge in [0, 0.05) is 5.41 Å². The van der Waals surface area contributed by atoms with Gasteiger partial charge < -0.3 is 0 Å². The lowest BCUT2D eigenvalue weighted by Gasteiger charge is -2.34. The van der Waals surface area contributed by atoms with Crippen molar-refractivity contribution in [2.75, 3.05) is 0 Å². The summed E-state index contributed by atoms with van der Waals surface area (Å²) in [5.41, 5.74) is 15.9. The number of hydrogen-bond donors (Lipinski definition) is 0. The Kier molecular flexibility index (Phi) is 5.62. The molecule has 2 aliphatic rings. The van der Waals surface area contributed by atoms with E-state index >= 15 is 0 Å². The molecule has 0 spiro atoms. The molecule has 2 aliphatic carbocycles. The molecule has 9 rings (SSSR count). The normalized spacial score (nSPS) is 17.0. The number of aryl methyl sites for hydroxylation is 1. The van der Waals surface area contributed by atoms with Crippen LogP contribution in [0.4, 0.5) is 0 Å². The molecule has 0 heteroatoms. The van der Waals surface area contributed by atoms with Gasteiger partial charge in [-0.25, -0.2) is 0 Å². The number of benzene rings is 7. The van der Waals surface area contributed by atoms with Crippen LogP contribution in [0.2, 0.25) is 0 Å². The summed E-state index contributed by atoms with van der Waals surface area (Å²) in [5.74, 6) is 0. The first-order chi connectivity index (χ1) is 22.1. The van der Waals surface area contributed by atoms with Crippen molar-refractivity contribution >= 4 is 10.8 Å². The predicted molar refractivity (Wildman–Crippen MR) is 188 cm³/mol. The smallest absolute Gasteiger partial charge is 0.0622 e. The minimum atomic E-state index is -0.389. The highest BCUT2D eigenvalue weighted by Gasteiger charge is 2.48. The Morgan fingerprint density at radius 3 is 1.91 bits per heavy atom. The summed E-state index contributed by atoms with van der Waals surface area (Å²) in [5, 5.41) is 2.67. The highest BCUT2D eigenvalue weighted by atomic mass is 14.5. The first-order valence-corrected chi connectivity index (χ1v) is 16.1. The zero-order chi connectivity index (χ0) is 30.2. The van der Waals surface area contributed by atoms with E-state index in [-0.39, 0.29) is 10.8 Å². The molecule has 1 atom stereocenters. The summed E-state index contributed by atoms with van der Waals surface area (Å²) in [6.07, 6.45) is 0.918. The molecule has 45 heavy (non-hydrogen) atoms. The molecule has 0 aromatic heterocycles. The standard InChI is InChI=1S/C45H34/c1-30-24-26-36-37-27-25-31-14-9-10-20-35(31)43(37)44(2,41(36)28-30)29-32-15-13-23-40-42(32)38-21-11-12-22-39(38)45(40,33-16-5-3-6-17-33)34-18-7-4-8-19-34/h3-28H,29H2,1-2H3. The Morgan fingerprint density at radius 2 is 1.13 bits per heavy atom. The van der Waals surface area contributed by atoms with E-state index in [1.807, 2.05) is 0 Å². The molecule has 0 bridgehead atoms. The molecule has 7 aromatic carbocycles. The fourth-order valence-corrected chi connectivity index (χ4v) is 8.86. The van der Waals surface area contributed by atoms with Crippen molar-refractivity contribution < 1.29 is 0 Å². The molecule has 0 amide bonds. The summed E-state index contributed by atoms with van der Waals surface area (Å²) in [7, 11) is 0. The minimum absolute atomic E-state index is 0.188. The van der Waals surface area contributed by atoms with Gasteiger partial charge in [0.2, 0.25) is 0 Å². The van der Waals surface area contributed by atoms with Gasteiger partial charge in [0.15, 0.2) is 0 Å². The van der Waals surface area contributed by atoms with Crippen molar-refractivity contribution in [3.05, 3.63) is 202 Å². The molecule has 7 aromatic rings. The summed E-state index contributed by atoms with van der Waals surface area (Å²) < 4.78 is 0. The summed E-state index contributed by atoms with van der Waals surface area (Å²) in [6, 6.07) is 59.1. The lowest BCUT2D eigenvalue weighted by molar-refractivity contribution is 0.587. The maximum absolute atomic E-state index is 2.49. The van der Waals surface area contributed by atoms with Crippen LogP contribution in [0, 0.1) is 6.92 Å². The van der Waals surface area contributed by atoms with E-state index in [1.54, 1.807) is 0 Å². The molecule has 0 N–H and O–H groups in total. The van der Waals surface area contributed by atoms with Gasteiger partial charge in [0.05, 0.1) is 5.41 Å². The SMILES string of the molecule is Cc1ccc2c(c1)C(C)(Cc1cccc3c1-c1ccccc1C3(c1ccccc1)c1ccccc1)c1c-2ccc2ccccc12. The summed E-state index contributed by atoms with van der Waals surface area (Å²) in [4.78, 5) is 0. The quantitative estimate of drug-likeness (QED) is 0.196. The topological polar surface area (TPSA) is 0 Å². The van der Waals surface area contributed by atoms with Gasteiger partial charge in [0.25, 0.3) is 0 Å². The number of hydrogen-bond acceptors (Lipinski definition) is 0. The number of rotatable bonds is 4. The van der Waals surface area contributed by atoms with E-state index in [9.17, 15) is 0 Å². The third-order valence-electron chi connectivity index (χ3n) is 10.7. The van der Waals surface area contributed by atoms with Crippen molar-refractivity contribution in [3.63, 3.8) is 0 Å².